The summed E-state index contributed by atoms with van der Waals surface area (Å²) in [5, 5.41) is 1.10. The molecular weight excluding hydrogens is 1140 g/mol. The van der Waals surface area contributed by atoms with Crippen molar-refractivity contribution in [2.75, 3.05) is 57.8 Å². The molecule has 2 amide bonds. The quantitative estimate of drug-likeness (QED) is 0.0652. The lowest BCUT2D eigenvalue weighted by Crippen LogP contribution is -2.69. The Balaban J connectivity index is 0.849. The van der Waals surface area contributed by atoms with Crippen LogP contribution in [0.5, 0.6) is 0 Å². The molecule has 91 heavy (non-hydrogen) atoms. The standard InChI is InChI=1S/C78H101N4O9/c1-15-80(16-2)54-30-31-57-62(45-54)91-69-53(29-34-66-73(8,9)59-27-19-20-28-61(59)79(66)14)23-21-26-58(69)67(57)55-24-17-18-25-56(55)71(86)81-41-22-42-82(44-43-81)72(87)78-38-35-48(3)49(4)68(78)60-32-33-65-74(10)46-63(89-51(6)84)70(90-52(7)85)75(11,47-88-50(5)83)64(74)36-37-77(65,13)76(60,12)39-40-78/h17-20,24-25,27-32,34,45,48-49,63-65,68,70H,15-16,21-23,26,33,35-44,46-47H2,1-14H3/q+1/t48-,49+,63-,64-,65-,68+,70+,74+,75+,76-,77-,78+/m1/s1. The minimum atomic E-state index is -0.822. The van der Waals surface area contributed by atoms with Gasteiger partial charge < -0.3 is 33.3 Å². The first-order chi connectivity index (χ1) is 43.3. The predicted octanol–water partition coefficient (Wildman–Crippen LogP) is 14.2. The average Bonchev–Trinajstić information content (AvgIpc) is 1.21. The Morgan fingerprint density at radius 2 is 1.45 bits per heavy atom. The summed E-state index contributed by atoms with van der Waals surface area (Å²) in [6, 6.07) is 23.5. The number of hydrogen-bond acceptors (Lipinski definition) is 10. The van der Waals surface area contributed by atoms with Crippen LogP contribution in [0, 0.1) is 56.7 Å². The molecule has 13 nitrogen and oxygen atoms in total. The van der Waals surface area contributed by atoms with Crippen molar-refractivity contribution < 1.29 is 42.6 Å². The maximum atomic E-state index is 16.2. The first-order valence-electron chi connectivity index (χ1n) is 34.6. The monoisotopic (exact) mass is 1240 g/mol. The van der Waals surface area contributed by atoms with Crippen molar-refractivity contribution in [1.82, 2.24) is 14.4 Å². The molecule has 0 spiro atoms. The zero-order valence-corrected chi connectivity index (χ0v) is 57.0. The summed E-state index contributed by atoms with van der Waals surface area (Å²) in [6.45, 7) is 31.3. The molecule has 486 valence electrons. The first-order valence-corrected chi connectivity index (χ1v) is 34.6. The zero-order valence-electron chi connectivity index (χ0n) is 57.0. The van der Waals surface area contributed by atoms with Crippen LogP contribution in [0.15, 0.2) is 101 Å². The molecule has 12 atom stereocenters. The number of carbonyl (C=O) groups is 5. The molecule has 3 heterocycles. The van der Waals surface area contributed by atoms with Crippen molar-refractivity contribution in [1.29, 1.82) is 0 Å². The van der Waals surface area contributed by atoms with Crippen LogP contribution in [-0.4, -0.2) is 105 Å². The van der Waals surface area contributed by atoms with Gasteiger partial charge in [0, 0.05) is 105 Å². The predicted molar refractivity (Wildman–Crippen MR) is 358 cm³/mol. The number of hydrogen-bond donors (Lipinski definition) is 0. The van der Waals surface area contributed by atoms with Crippen LogP contribution >= 0.6 is 0 Å². The van der Waals surface area contributed by atoms with Gasteiger partial charge in [-0.05, 0) is 178 Å². The van der Waals surface area contributed by atoms with Gasteiger partial charge in [-0.2, -0.15) is 0 Å². The van der Waals surface area contributed by atoms with Crippen molar-refractivity contribution >= 4 is 41.0 Å². The number of para-hydroxylation sites is 1. The molecule has 2 aromatic rings. The summed E-state index contributed by atoms with van der Waals surface area (Å²) in [5.41, 5.74) is 8.81. The molecule has 0 radical (unpaired) electrons. The maximum Gasteiger partial charge on any atom is 0.303 e. The van der Waals surface area contributed by atoms with Gasteiger partial charge in [0.25, 0.3) is 5.91 Å². The second-order valence-electron chi connectivity index (χ2n) is 30.4. The molecule has 7 aliphatic carbocycles. The van der Waals surface area contributed by atoms with E-state index in [0.717, 1.165) is 122 Å². The van der Waals surface area contributed by atoms with E-state index in [0.29, 0.717) is 50.5 Å². The minimum absolute atomic E-state index is 0.00505. The van der Waals surface area contributed by atoms with E-state index in [9.17, 15) is 14.4 Å². The minimum Gasteiger partial charge on any atom is -0.465 e. The molecule has 0 N–H and O–H groups in total. The number of esters is 3. The normalized spacial score (nSPS) is 33.3. The molecule has 3 aliphatic heterocycles. The fraction of sp³-hybridized carbons (Fsp3) is 0.590. The maximum absolute atomic E-state index is 16.2. The van der Waals surface area contributed by atoms with Crippen LogP contribution < -0.4 is 14.8 Å². The fourth-order valence-electron chi connectivity index (χ4n) is 20.6. The van der Waals surface area contributed by atoms with Crippen molar-refractivity contribution in [3.8, 4) is 22.5 Å². The Bertz CT molecular complexity index is 3710. The fourth-order valence-corrected chi connectivity index (χ4v) is 20.6. The Labute approximate surface area is 541 Å². The van der Waals surface area contributed by atoms with Gasteiger partial charge >= 0.3 is 17.9 Å². The first kappa shape index (κ1) is 64.3. The highest BCUT2D eigenvalue weighted by Crippen LogP contribution is 2.76. The number of anilines is 1. The molecule has 12 rings (SSSR count). The molecule has 5 fully saturated rings. The molecule has 2 aromatic carbocycles. The van der Waals surface area contributed by atoms with Crippen LogP contribution in [0.25, 0.3) is 28.0 Å². The summed E-state index contributed by atoms with van der Waals surface area (Å²) >= 11 is 0. The number of likely N-dealkylation sites (N-methyl/N-ethyl adjacent to an activating group) is 1. The summed E-state index contributed by atoms with van der Waals surface area (Å²) < 4.78 is 27.7. The summed E-state index contributed by atoms with van der Waals surface area (Å²) in [4.78, 5) is 76.6. The second kappa shape index (κ2) is 24.0. The van der Waals surface area contributed by atoms with Crippen molar-refractivity contribution in [2.24, 2.45) is 56.7 Å². The zero-order chi connectivity index (χ0) is 64.9. The average molecular weight is 1240 g/mol. The number of carbonyl (C=O) groups excluding carboxylic acids is 5. The Morgan fingerprint density at radius 1 is 0.736 bits per heavy atom. The van der Waals surface area contributed by atoms with Crippen molar-refractivity contribution in [3.05, 3.63) is 124 Å². The van der Waals surface area contributed by atoms with E-state index in [2.05, 4.69) is 163 Å². The Hall–Kier alpha value is -6.76. The lowest BCUT2D eigenvalue weighted by atomic mass is 9.33. The molecule has 10 aliphatic rings. The lowest BCUT2D eigenvalue weighted by Gasteiger charge is -2.72. The number of rotatable bonds is 10. The Morgan fingerprint density at radius 3 is 2.18 bits per heavy atom. The number of allylic oxidation sites excluding steroid dienone is 6. The van der Waals surface area contributed by atoms with Crippen LogP contribution in [0.2, 0.25) is 0 Å². The van der Waals surface area contributed by atoms with E-state index in [1.165, 1.54) is 43.3 Å². The van der Waals surface area contributed by atoms with Gasteiger partial charge in [0.15, 0.2) is 0 Å². The highest BCUT2D eigenvalue weighted by Gasteiger charge is 2.72. The SMILES string of the molecule is CC[N+](CC)=c1ccc2c(-c3ccccc3C(=O)N3CCCN(C(=O)[C@]45CC[C@@H](C)[C@H](C)[C@H]4C4=CC[C@@H]6[C@@]7(C)C[C@@H](OC(C)=O)[C@H](OC(C)=O)[C@@](C)(COC(C)=O)[C@@H]7CC[C@@]6(C)[C@]4(C)CC5)CC3)c3c(oc-2c1)/C(=C/C=C1/N(C)c2ccccc2C1(C)C)CCC3. The van der Waals surface area contributed by atoms with Gasteiger partial charge in [-0.25, -0.2) is 4.58 Å². The highest BCUT2D eigenvalue weighted by molar-refractivity contribution is 6.04. The molecule has 0 aromatic heterocycles. The third-order valence-corrected chi connectivity index (χ3v) is 25.5. The topological polar surface area (TPSA) is 139 Å². The number of benzene rings is 3. The Kier molecular flexibility index (Phi) is 17.0. The van der Waals surface area contributed by atoms with Crippen LogP contribution in [-0.2, 0) is 45.2 Å². The van der Waals surface area contributed by atoms with E-state index in [4.69, 9.17) is 18.6 Å². The lowest BCUT2D eigenvalue weighted by molar-refractivity contribution is -0.256. The van der Waals surface area contributed by atoms with Crippen LogP contribution in [0.3, 0.4) is 0 Å². The highest BCUT2D eigenvalue weighted by atomic mass is 16.6. The summed E-state index contributed by atoms with van der Waals surface area (Å²) in [5.74, 6) is 1.57. The van der Waals surface area contributed by atoms with Crippen LogP contribution in [0.1, 0.15) is 188 Å². The van der Waals surface area contributed by atoms with Gasteiger partial charge in [-0.1, -0.05) is 110 Å². The van der Waals surface area contributed by atoms with E-state index >= 15 is 9.59 Å². The molecular formula is C78H101N4O9+. The third-order valence-electron chi connectivity index (χ3n) is 25.5. The number of amides is 2. The van der Waals surface area contributed by atoms with Crippen molar-refractivity contribution in [2.45, 2.75) is 185 Å². The van der Waals surface area contributed by atoms with E-state index < -0.39 is 40.9 Å². The molecule has 1 saturated heterocycles. The molecule has 0 bridgehead atoms. The smallest absolute Gasteiger partial charge is 0.303 e. The number of ether oxygens (including phenoxy) is 3. The second-order valence-corrected chi connectivity index (χ2v) is 30.4. The van der Waals surface area contributed by atoms with E-state index in [1.54, 1.807) is 0 Å². The van der Waals surface area contributed by atoms with Gasteiger partial charge in [0.1, 0.15) is 43.4 Å². The van der Waals surface area contributed by atoms with E-state index in [1.807, 2.05) is 17.0 Å². The third kappa shape index (κ3) is 10.4. The molecule has 4 saturated carbocycles. The van der Waals surface area contributed by atoms with Gasteiger partial charge in [-0.15, -0.1) is 0 Å². The van der Waals surface area contributed by atoms with Gasteiger partial charge in [0.05, 0.1) is 11.5 Å². The van der Waals surface area contributed by atoms with Gasteiger partial charge in [-0.3, -0.25) is 24.0 Å². The molecule has 13 heteroatoms. The number of nitrogens with zero attached hydrogens (tertiary/aromatic N) is 4. The largest absolute Gasteiger partial charge is 0.465 e. The van der Waals surface area contributed by atoms with Gasteiger partial charge in [0.2, 0.25) is 11.3 Å². The molecule has 0 unspecified atom stereocenters. The summed E-state index contributed by atoms with van der Waals surface area (Å²) in [6.07, 6.45) is 15.6. The van der Waals surface area contributed by atoms with E-state index in [-0.39, 0.29) is 63.8 Å². The summed E-state index contributed by atoms with van der Waals surface area (Å²) in [7, 11) is 2.17. The van der Waals surface area contributed by atoms with Crippen molar-refractivity contribution in [3.63, 3.8) is 0 Å². The van der Waals surface area contributed by atoms with Crippen LogP contribution in [0.4, 0.5) is 5.69 Å². The number of fused-ring (bicyclic) bond motifs is 10.